The summed E-state index contributed by atoms with van der Waals surface area (Å²) in [6, 6.07) is 0. The third-order valence-electron chi connectivity index (χ3n) is 0.663. The van der Waals surface area contributed by atoms with Crippen LogP contribution in [0, 0.1) is 0 Å². The van der Waals surface area contributed by atoms with E-state index < -0.39 is 6.56 Å². The third kappa shape index (κ3) is 1.16. The lowest BCUT2D eigenvalue weighted by Crippen LogP contribution is -2.36. The molecule has 1 rings (SSSR count). The SMILES string of the molecule is [2H]C1([2H])CNC(=O)CO1. The molecule has 0 bridgehead atoms. The third-order valence-corrected chi connectivity index (χ3v) is 0.663. The van der Waals surface area contributed by atoms with Crippen LogP contribution in [-0.4, -0.2) is 25.6 Å². The molecule has 3 nitrogen and oxygen atoms in total. The fourth-order valence-corrected chi connectivity index (χ4v) is 0.353. The van der Waals surface area contributed by atoms with Gasteiger partial charge in [0.15, 0.2) is 0 Å². The van der Waals surface area contributed by atoms with Crippen molar-refractivity contribution in [2.45, 2.75) is 0 Å². The average molecular weight is 103 g/mol. The Bertz CT molecular complexity index is 125. The largest absolute Gasteiger partial charge is 0.370 e. The van der Waals surface area contributed by atoms with Crippen molar-refractivity contribution in [2.24, 2.45) is 0 Å². The lowest BCUT2D eigenvalue weighted by Gasteiger charge is -2.10. The van der Waals surface area contributed by atoms with Crippen LogP contribution in [0.15, 0.2) is 0 Å². The molecule has 0 spiro atoms. The number of hydrogen-bond donors (Lipinski definition) is 1. The first-order valence-electron chi connectivity index (χ1n) is 3.01. The fraction of sp³-hybridized carbons (Fsp3) is 0.750. The molecule has 7 heavy (non-hydrogen) atoms. The molecule has 1 aliphatic heterocycles. The van der Waals surface area contributed by atoms with Crippen molar-refractivity contribution in [2.75, 3.05) is 19.7 Å². The van der Waals surface area contributed by atoms with Gasteiger partial charge in [0.05, 0.1) is 9.30 Å². The summed E-state index contributed by atoms with van der Waals surface area (Å²) in [6.07, 6.45) is 0. The zero-order valence-electron chi connectivity index (χ0n) is 5.73. The number of morpholine rings is 1. The predicted molar refractivity (Wildman–Crippen MR) is 23.8 cm³/mol. The van der Waals surface area contributed by atoms with Crippen LogP contribution in [0.5, 0.6) is 0 Å². The second-order valence-electron chi connectivity index (χ2n) is 1.21. The highest BCUT2D eigenvalue weighted by atomic mass is 16.5. The number of rotatable bonds is 0. The van der Waals surface area contributed by atoms with E-state index in [1.54, 1.807) is 0 Å². The standard InChI is InChI=1S/C4H7NO2/c6-4-3-7-2-1-5-4/h1-3H2,(H,5,6)/i2D2. The van der Waals surface area contributed by atoms with Gasteiger partial charge in [-0.15, -0.1) is 0 Å². The van der Waals surface area contributed by atoms with Gasteiger partial charge >= 0.3 is 0 Å². The van der Waals surface area contributed by atoms with Gasteiger partial charge in [-0.1, -0.05) is 0 Å². The van der Waals surface area contributed by atoms with Crippen LogP contribution >= 0.6 is 0 Å². The lowest BCUT2D eigenvalue weighted by molar-refractivity contribution is -0.128. The Kier molecular flexibility index (Phi) is 0.736. The Morgan fingerprint density at radius 3 is 3.29 bits per heavy atom. The Balaban J connectivity index is 2.44. The van der Waals surface area contributed by atoms with Gasteiger partial charge in [-0.05, 0) is 0 Å². The zero-order chi connectivity index (χ0) is 6.91. The highest BCUT2D eigenvalue weighted by Crippen LogP contribution is 1.79. The summed E-state index contributed by atoms with van der Waals surface area (Å²) in [6.45, 7) is -1.90. The van der Waals surface area contributed by atoms with Gasteiger partial charge in [-0.2, -0.15) is 0 Å². The molecule has 40 valence electrons. The molecule has 3 heteroatoms. The summed E-state index contributed by atoms with van der Waals surface area (Å²) in [5.74, 6) is -0.259. The Labute approximate surface area is 44.5 Å². The van der Waals surface area contributed by atoms with Crippen LogP contribution < -0.4 is 5.32 Å². The molecule has 0 saturated carbocycles. The van der Waals surface area contributed by atoms with Crippen molar-refractivity contribution in [1.29, 1.82) is 0 Å². The Hall–Kier alpha value is -0.570. The molecular weight excluding hydrogens is 94.0 g/mol. The minimum Gasteiger partial charge on any atom is -0.370 e. The van der Waals surface area contributed by atoms with Gasteiger partial charge in [0, 0.05) is 6.54 Å². The number of nitrogens with one attached hydrogen (secondary N) is 1. The molecule has 0 unspecified atom stereocenters. The van der Waals surface area contributed by atoms with Crippen molar-refractivity contribution >= 4 is 5.91 Å². The maximum absolute atomic E-state index is 10.3. The zero-order valence-corrected chi connectivity index (χ0v) is 3.73. The first-order chi connectivity index (χ1) is 4.10. The molecule has 0 aromatic carbocycles. The van der Waals surface area contributed by atoms with Crippen LogP contribution in [-0.2, 0) is 9.53 Å². The van der Waals surface area contributed by atoms with Crippen LogP contribution in [0.4, 0.5) is 0 Å². The number of amides is 1. The maximum Gasteiger partial charge on any atom is 0.246 e. The van der Waals surface area contributed by atoms with E-state index in [9.17, 15) is 4.79 Å². The van der Waals surface area contributed by atoms with E-state index in [0.717, 1.165) is 0 Å². The van der Waals surface area contributed by atoms with Gasteiger partial charge in [0.2, 0.25) is 5.91 Å². The monoisotopic (exact) mass is 103 g/mol. The van der Waals surface area contributed by atoms with Crippen LogP contribution in [0.2, 0.25) is 0 Å². The molecule has 1 fully saturated rings. The highest BCUT2D eigenvalue weighted by molar-refractivity contribution is 5.77. The van der Waals surface area contributed by atoms with Crippen molar-refractivity contribution in [3.05, 3.63) is 0 Å². The van der Waals surface area contributed by atoms with Crippen molar-refractivity contribution in [3.63, 3.8) is 0 Å². The molecule has 0 aliphatic carbocycles. The van der Waals surface area contributed by atoms with Gasteiger partial charge < -0.3 is 10.1 Å². The number of hydrogen-bond acceptors (Lipinski definition) is 2. The molecule has 0 aromatic rings. The Morgan fingerprint density at radius 1 is 2.00 bits per heavy atom. The lowest BCUT2D eigenvalue weighted by atomic mass is 10.5. The van der Waals surface area contributed by atoms with E-state index in [2.05, 4.69) is 10.1 Å². The molecule has 1 aliphatic rings. The average Bonchev–Trinajstić information content (AvgIpc) is 1.78. The molecule has 1 saturated heterocycles. The smallest absolute Gasteiger partial charge is 0.246 e. The quantitative estimate of drug-likeness (QED) is 0.433. The van der Waals surface area contributed by atoms with E-state index >= 15 is 0 Å². The summed E-state index contributed by atoms with van der Waals surface area (Å²) in [5, 5.41) is 2.33. The number of ether oxygens (including phenoxy) is 1. The van der Waals surface area contributed by atoms with Gasteiger partial charge in [-0.3, -0.25) is 4.79 Å². The summed E-state index contributed by atoms with van der Waals surface area (Å²) in [4.78, 5) is 10.3. The van der Waals surface area contributed by atoms with E-state index in [4.69, 9.17) is 2.74 Å². The summed E-state index contributed by atoms with van der Waals surface area (Å²) in [5.41, 5.74) is 0. The van der Waals surface area contributed by atoms with Crippen LogP contribution in [0.25, 0.3) is 0 Å². The van der Waals surface area contributed by atoms with Crippen LogP contribution in [0.1, 0.15) is 2.74 Å². The molecular formula is C4H7NO2. The molecule has 1 amide bonds. The Morgan fingerprint density at radius 2 is 2.86 bits per heavy atom. The maximum atomic E-state index is 10.3. The highest BCUT2D eigenvalue weighted by Gasteiger charge is 2.04. The predicted octanol–water partition coefficient (Wildman–Crippen LogP) is -0.867. The minimum absolute atomic E-state index is 0.0498. The second kappa shape index (κ2) is 1.93. The molecule has 0 aromatic heterocycles. The molecule has 1 N–H and O–H groups in total. The summed E-state index contributed by atoms with van der Waals surface area (Å²) < 4.78 is 18.4. The molecule has 1 heterocycles. The van der Waals surface area contributed by atoms with Gasteiger partial charge in [-0.25, -0.2) is 0 Å². The fourth-order valence-electron chi connectivity index (χ4n) is 0.353. The van der Waals surface area contributed by atoms with E-state index in [1.165, 1.54) is 0 Å². The summed E-state index contributed by atoms with van der Waals surface area (Å²) >= 11 is 0. The van der Waals surface area contributed by atoms with Crippen molar-refractivity contribution in [1.82, 2.24) is 5.32 Å². The van der Waals surface area contributed by atoms with Gasteiger partial charge in [0.25, 0.3) is 0 Å². The second-order valence-corrected chi connectivity index (χ2v) is 1.21. The van der Waals surface area contributed by atoms with Gasteiger partial charge in [0.1, 0.15) is 6.61 Å². The van der Waals surface area contributed by atoms with Crippen molar-refractivity contribution < 1.29 is 12.3 Å². The molecule has 0 radical (unpaired) electrons. The van der Waals surface area contributed by atoms with Crippen molar-refractivity contribution in [3.8, 4) is 0 Å². The van der Waals surface area contributed by atoms with E-state index in [-0.39, 0.29) is 19.1 Å². The topological polar surface area (TPSA) is 38.3 Å². The number of carbonyl (C=O) groups is 1. The molecule has 0 atom stereocenters. The summed E-state index contributed by atoms with van der Waals surface area (Å²) in [7, 11) is 0. The normalized spacial score (nSPS) is 32.9. The van der Waals surface area contributed by atoms with Crippen LogP contribution in [0.3, 0.4) is 0 Å². The first-order valence-corrected chi connectivity index (χ1v) is 2.01. The first kappa shape index (κ1) is 2.67. The minimum atomic E-state index is -1.67. The van der Waals surface area contributed by atoms with E-state index in [0.29, 0.717) is 0 Å². The van der Waals surface area contributed by atoms with E-state index in [1.807, 2.05) is 0 Å². The number of carbonyl (C=O) groups excluding carboxylic acids is 1.